The van der Waals surface area contributed by atoms with Crippen LogP contribution in [-0.2, 0) is 11.8 Å². The Balaban J connectivity index is 1.31. The summed E-state index contributed by atoms with van der Waals surface area (Å²) in [5, 5.41) is 11.1. The number of aromatic nitrogens is 5. The number of amides is 1. The van der Waals surface area contributed by atoms with Crippen molar-refractivity contribution in [2.75, 3.05) is 49.5 Å². The summed E-state index contributed by atoms with van der Waals surface area (Å²) >= 11 is 0. The number of nitrogens with zero attached hydrogens (tertiary/aromatic N) is 7. The van der Waals surface area contributed by atoms with Gasteiger partial charge in [0.15, 0.2) is 17.0 Å². The van der Waals surface area contributed by atoms with Crippen molar-refractivity contribution in [3.05, 3.63) is 30.6 Å². The fourth-order valence-electron chi connectivity index (χ4n) is 3.39. The number of rotatable bonds is 6. The first kappa shape index (κ1) is 19.1. The van der Waals surface area contributed by atoms with Gasteiger partial charge in [0.2, 0.25) is 5.91 Å². The highest BCUT2D eigenvalue weighted by Crippen LogP contribution is 2.21. The first-order chi connectivity index (χ1) is 14.1. The predicted octanol–water partition coefficient (Wildman–Crippen LogP) is 0.918. The number of benzene rings is 1. The highest BCUT2D eigenvalue weighted by atomic mass is 16.5. The third-order valence-corrected chi connectivity index (χ3v) is 4.86. The number of nitrogens with one attached hydrogen (secondary N) is 1. The molecular formula is C19H24N8O2. The Morgan fingerprint density at radius 2 is 1.90 bits per heavy atom. The van der Waals surface area contributed by atoms with E-state index < -0.39 is 0 Å². The van der Waals surface area contributed by atoms with Crippen LogP contribution in [0, 0.1) is 0 Å². The van der Waals surface area contributed by atoms with E-state index in [1.54, 1.807) is 4.68 Å². The second kappa shape index (κ2) is 8.39. The molecule has 0 saturated carbocycles. The third kappa shape index (κ3) is 4.27. The summed E-state index contributed by atoms with van der Waals surface area (Å²) in [5.41, 5.74) is 2.19. The van der Waals surface area contributed by atoms with Gasteiger partial charge in [0.05, 0.1) is 13.2 Å². The van der Waals surface area contributed by atoms with Gasteiger partial charge in [-0.25, -0.2) is 14.6 Å². The molecule has 152 valence electrons. The molecule has 0 bridgehead atoms. The molecule has 0 aliphatic carbocycles. The lowest BCUT2D eigenvalue weighted by Crippen LogP contribution is -2.49. The molecule has 4 rings (SSSR count). The largest absolute Gasteiger partial charge is 0.494 e. The standard InChI is InChI=1S/C19H24N8O2/c1-3-29-15-6-4-14(5-7-15)22-16(28)12-26-8-10-27(11-9-26)19-17-18(20-13-21-19)25(2)24-23-17/h4-7,13H,3,8-12H2,1-2H3,(H,22,28). The number of aryl methyl sites for hydroxylation is 1. The zero-order valence-corrected chi connectivity index (χ0v) is 16.6. The van der Waals surface area contributed by atoms with E-state index in [9.17, 15) is 4.79 Å². The number of anilines is 2. The molecule has 1 saturated heterocycles. The molecule has 1 fully saturated rings. The van der Waals surface area contributed by atoms with Gasteiger partial charge >= 0.3 is 0 Å². The van der Waals surface area contributed by atoms with Crippen LogP contribution in [0.1, 0.15) is 6.92 Å². The molecule has 10 heteroatoms. The zero-order valence-electron chi connectivity index (χ0n) is 16.6. The highest BCUT2D eigenvalue weighted by Gasteiger charge is 2.23. The van der Waals surface area contributed by atoms with Gasteiger partial charge in [-0.15, -0.1) is 5.10 Å². The van der Waals surface area contributed by atoms with Crippen LogP contribution >= 0.6 is 0 Å². The second-order valence-corrected chi connectivity index (χ2v) is 6.85. The molecule has 3 heterocycles. The van der Waals surface area contributed by atoms with Gasteiger partial charge < -0.3 is 15.0 Å². The number of ether oxygens (including phenoxy) is 1. The van der Waals surface area contributed by atoms with Crippen LogP contribution in [0.5, 0.6) is 5.75 Å². The van der Waals surface area contributed by atoms with Crippen molar-refractivity contribution in [1.29, 1.82) is 0 Å². The van der Waals surface area contributed by atoms with Crippen molar-refractivity contribution in [3.63, 3.8) is 0 Å². The van der Waals surface area contributed by atoms with E-state index in [0.29, 0.717) is 24.3 Å². The average Bonchev–Trinajstić information content (AvgIpc) is 3.11. The summed E-state index contributed by atoms with van der Waals surface area (Å²) in [7, 11) is 1.81. The number of fused-ring (bicyclic) bond motifs is 1. The van der Waals surface area contributed by atoms with Crippen molar-refractivity contribution < 1.29 is 9.53 Å². The average molecular weight is 396 g/mol. The summed E-state index contributed by atoms with van der Waals surface area (Å²) in [4.78, 5) is 25.3. The molecule has 0 spiro atoms. The first-order valence-electron chi connectivity index (χ1n) is 9.64. The summed E-state index contributed by atoms with van der Waals surface area (Å²) in [5.74, 6) is 1.56. The molecule has 0 unspecified atom stereocenters. The molecule has 3 aromatic rings. The maximum absolute atomic E-state index is 12.4. The van der Waals surface area contributed by atoms with E-state index in [-0.39, 0.29) is 5.91 Å². The maximum atomic E-state index is 12.4. The maximum Gasteiger partial charge on any atom is 0.238 e. The van der Waals surface area contributed by atoms with Crippen molar-refractivity contribution >= 4 is 28.6 Å². The fraction of sp³-hybridized carbons (Fsp3) is 0.421. The number of hydrogen-bond donors (Lipinski definition) is 1. The van der Waals surface area contributed by atoms with Gasteiger partial charge in [0, 0.05) is 38.9 Å². The zero-order chi connectivity index (χ0) is 20.2. The van der Waals surface area contributed by atoms with E-state index in [1.165, 1.54) is 6.33 Å². The normalized spacial score (nSPS) is 14.9. The Morgan fingerprint density at radius 1 is 1.14 bits per heavy atom. The lowest BCUT2D eigenvalue weighted by Gasteiger charge is -2.34. The molecule has 0 atom stereocenters. The minimum absolute atomic E-state index is 0.0269. The molecule has 29 heavy (non-hydrogen) atoms. The SMILES string of the molecule is CCOc1ccc(NC(=O)CN2CCN(c3ncnc4c3nnn4C)CC2)cc1. The van der Waals surface area contributed by atoms with Crippen LogP contribution in [0.3, 0.4) is 0 Å². The summed E-state index contributed by atoms with van der Waals surface area (Å²) in [6, 6.07) is 7.41. The second-order valence-electron chi connectivity index (χ2n) is 6.85. The van der Waals surface area contributed by atoms with E-state index in [0.717, 1.165) is 43.4 Å². The van der Waals surface area contributed by atoms with Crippen molar-refractivity contribution in [3.8, 4) is 5.75 Å². The summed E-state index contributed by atoms with van der Waals surface area (Å²) in [6.07, 6.45) is 1.54. The lowest BCUT2D eigenvalue weighted by molar-refractivity contribution is -0.117. The Labute approximate surface area is 168 Å². The van der Waals surface area contributed by atoms with Crippen LogP contribution in [0.4, 0.5) is 11.5 Å². The number of hydrogen-bond acceptors (Lipinski definition) is 8. The summed E-state index contributed by atoms with van der Waals surface area (Å²) in [6.45, 7) is 5.97. The van der Waals surface area contributed by atoms with E-state index >= 15 is 0 Å². The Morgan fingerprint density at radius 3 is 2.62 bits per heavy atom. The Kier molecular flexibility index (Phi) is 5.52. The molecule has 1 aromatic carbocycles. The number of carbonyl (C=O) groups is 1. The first-order valence-corrected chi connectivity index (χ1v) is 9.64. The molecule has 1 N–H and O–H groups in total. The highest BCUT2D eigenvalue weighted by molar-refractivity contribution is 5.92. The van der Waals surface area contributed by atoms with Crippen molar-refractivity contribution in [2.24, 2.45) is 7.05 Å². The number of piperazine rings is 1. The van der Waals surface area contributed by atoms with Gasteiger partial charge in [-0.05, 0) is 31.2 Å². The Bertz CT molecular complexity index is 980. The minimum Gasteiger partial charge on any atom is -0.494 e. The van der Waals surface area contributed by atoms with Gasteiger partial charge in [-0.3, -0.25) is 9.69 Å². The van der Waals surface area contributed by atoms with Crippen molar-refractivity contribution in [1.82, 2.24) is 29.9 Å². The minimum atomic E-state index is -0.0269. The van der Waals surface area contributed by atoms with Gasteiger partial charge in [-0.1, -0.05) is 5.21 Å². The topological polar surface area (TPSA) is 101 Å². The lowest BCUT2D eigenvalue weighted by atomic mass is 10.2. The van der Waals surface area contributed by atoms with E-state index in [4.69, 9.17) is 4.74 Å². The van der Waals surface area contributed by atoms with Crippen LogP contribution in [0.25, 0.3) is 11.2 Å². The molecule has 2 aromatic heterocycles. The van der Waals surface area contributed by atoms with Crippen LogP contribution in [0.2, 0.25) is 0 Å². The molecule has 1 aliphatic rings. The molecular weight excluding hydrogens is 372 g/mol. The quantitative estimate of drug-likeness (QED) is 0.656. The van der Waals surface area contributed by atoms with E-state index in [2.05, 4.69) is 35.4 Å². The summed E-state index contributed by atoms with van der Waals surface area (Å²) < 4.78 is 7.06. The Hall–Kier alpha value is -3.27. The van der Waals surface area contributed by atoms with E-state index in [1.807, 2.05) is 38.2 Å². The monoisotopic (exact) mass is 396 g/mol. The van der Waals surface area contributed by atoms with Crippen LogP contribution in [0.15, 0.2) is 30.6 Å². The fourth-order valence-corrected chi connectivity index (χ4v) is 3.39. The van der Waals surface area contributed by atoms with Crippen LogP contribution < -0.4 is 15.0 Å². The molecule has 1 amide bonds. The number of carbonyl (C=O) groups excluding carboxylic acids is 1. The van der Waals surface area contributed by atoms with Gasteiger partial charge in [-0.2, -0.15) is 0 Å². The van der Waals surface area contributed by atoms with Crippen molar-refractivity contribution in [2.45, 2.75) is 6.92 Å². The molecule has 0 radical (unpaired) electrons. The smallest absolute Gasteiger partial charge is 0.238 e. The predicted molar refractivity (Wildman–Crippen MR) is 109 cm³/mol. The van der Waals surface area contributed by atoms with Gasteiger partial charge in [0.25, 0.3) is 0 Å². The molecule has 1 aliphatic heterocycles. The third-order valence-electron chi connectivity index (χ3n) is 4.86. The van der Waals surface area contributed by atoms with Gasteiger partial charge in [0.1, 0.15) is 12.1 Å². The van der Waals surface area contributed by atoms with Crippen LogP contribution in [-0.4, -0.2) is 75.1 Å². The molecule has 10 nitrogen and oxygen atoms in total.